The third-order valence-corrected chi connectivity index (χ3v) is 4.81. The van der Waals surface area contributed by atoms with Gasteiger partial charge in [-0.15, -0.1) is 12.4 Å². The standard InChI is InChI=1S/C16H29N3O3.ClH/c1-13(2)14(20)18-8-10-19(11-9-18)15(21)16(12-22-3)4-6-17-7-5-16;/h13,17H,4-12H2,1-3H3;1H. The zero-order valence-corrected chi connectivity index (χ0v) is 15.3. The third-order valence-electron chi connectivity index (χ3n) is 4.81. The normalized spacial score (nSPS) is 21.0. The molecule has 0 aromatic heterocycles. The van der Waals surface area contributed by atoms with E-state index in [9.17, 15) is 9.59 Å². The van der Waals surface area contributed by atoms with Crippen molar-refractivity contribution < 1.29 is 14.3 Å². The van der Waals surface area contributed by atoms with Crippen molar-refractivity contribution in [3.05, 3.63) is 0 Å². The van der Waals surface area contributed by atoms with Crippen LogP contribution in [0.3, 0.4) is 0 Å². The summed E-state index contributed by atoms with van der Waals surface area (Å²) < 4.78 is 5.35. The third kappa shape index (κ3) is 4.58. The summed E-state index contributed by atoms with van der Waals surface area (Å²) in [6.45, 7) is 8.60. The summed E-state index contributed by atoms with van der Waals surface area (Å²) in [5.74, 6) is 0.402. The van der Waals surface area contributed by atoms with E-state index < -0.39 is 0 Å². The fraction of sp³-hybridized carbons (Fsp3) is 0.875. The Morgan fingerprint density at radius 3 is 2.09 bits per heavy atom. The van der Waals surface area contributed by atoms with E-state index in [1.54, 1.807) is 7.11 Å². The number of rotatable bonds is 4. The van der Waals surface area contributed by atoms with Crippen molar-refractivity contribution >= 4 is 24.2 Å². The number of ether oxygens (including phenoxy) is 1. The maximum atomic E-state index is 13.0. The predicted molar refractivity (Wildman–Crippen MR) is 91.7 cm³/mol. The van der Waals surface area contributed by atoms with Gasteiger partial charge >= 0.3 is 0 Å². The topological polar surface area (TPSA) is 61.9 Å². The van der Waals surface area contributed by atoms with Gasteiger partial charge in [0.25, 0.3) is 0 Å². The smallest absolute Gasteiger partial charge is 0.231 e. The number of carbonyl (C=O) groups is 2. The Morgan fingerprint density at radius 2 is 1.61 bits per heavy atom. The first-order valence-corrected chi connectivity index (χ1v) is 8.28. The van der Waals surface area contributed by atoms with Crippen molar-refractivity contribution in [2.75, 3.05) is 53.0 Å². The van der Waals surface area contributed by atoms with E-state index in [0.29, 0.717) is 32.8 Å². The molecule has 6 nitrogen and oxygen atoms in total. The summed E-state index contributed by atoms with van der Waals surface area (Å²) in [5, 5.41) is 3.31. The monoisotopic (exact) mass is 347 g/mol. The molecule has 0 radical (unpaired) electrons. The molecule has 2 fully saturated rings. The van der Waals surface area contributed by atoms with Gasteiger partial charge in [-0.1, -0.05) is 13.8 Å². The van der Waals surface area contributed by atoms with Crippen LogP contribution in [0.5, 0.6) is 0 Å². The molecule has 2 aliphatic rings. The second-order valence-electron chi connectivity index (χ2n) is 6.74. The fourth-order valence-electron chi connectivity index (χ4n) is 3.43. The SMILES string of the molecule is COCC1(C(=O)N2CCN(C(=O)C(C)C)CC2)CCNCC1.Cl. The maximum Gasteiger partial charge on any atom is 0.231 e. The Labute approximate surface area is 145 Å². The van der Waals surface area contributed by atoms with Gasteiger partial charge in [0.05, 0.1) is 12.0 Å². The Hall–Kier alpha value is -0.850. The van der Waals surface area contributed by atoms with Crippen molar-refractivity contribution in [2.24, 2.45) is 11.3 Å². The zero-order valence-electron chi connectivity index (χ0n) is 14.5. The molecule has 2 amide bonds. The number of piperazine rings is 1. The zero-order chi connectivity index (χ0) is 16.2. The Morgan fingerprint density at radius 1 is 1.09 bits per heavy atom. The van der Waals surface area contributed by atoms with Crippen LogP contribution in [0.2, 0.25) is 0 Å². The molecule has 0 saturated carbocycles. The number of halogens is 1. The lowest BCUT2D eigenvalue weighted by molar-refractivity contribution is -0.152. The molecule has 0 spiro atoms. The average molecular weight is 348 g/mol. The van der Waals surface area contributed by atoms with E-state index in [1.165, 1.54) is 0 Å². The van der Waals surface area contributed by atoms with Crippen LogP contribution in [0, 0.1) is 11.3 Å². The highest BCUT2D eigenvalue weighted by molar-refractivity contribution is 5.85. The molecule has 1 N–H and O–H groups in total. The molecule has 23 heavy (non-hydrogen) atoms. The molecular weight excluding hydrogens is 318 g/mol. The summed E-state index contributed by atoms with van der Waals surface area (Å²) in [4.78, 5) is 28.8. The summed E-state index contributed by atoms with van der Waals surface area (Å²) in [6.07, 6.45) is 1.65. The van der Waals surface area contributed by atoms with Crippen LogP contribution >= 0.6 is 12.4 Å². The summed E-state index contributed by atoms with van der Waals surface area (Å²) in [6, 6.07) is 0. The fourth-order valence-corrected chi connectivity index (χ4v) is 3.43. The van der Waals surface area contributed by atoms with Crippen molar-refractivity contribution in [3.8, 4) is 0 Å². The number of carbonyl (C=O) groups excluding carboxylic acids is 2. The van der Waals surface area contributed by atoms with Gasteiger partial charge in [0, 0.05) is 39.2 Å². The molecule has 134 valence electrons. The van der Waals surface area contributed by atoms with Gasteiger partial charge in [-0.3, -0.25) is 9.59 Å². The highest BCUT2D eigenvalue weighted by Gasteiger charge is 2.43. The number of piperidine rings is 1. The lowest BCUT2D eigenvalue weighted by atomic mass is 9.78. The van der Waals surface area contributed by atoms with Gasteiger partial charge in [-0.25, -0.2) is 0 Å². The van der Waals surface area contributed by atoms with Gasteiger partial charge in [0.2, 0.25) is 11.8 Å². The molecule has 0 aromatic rings. The number of hydrogen-bond acceptors (Lipinski definition) is 4. The molecule has 0 atom stereocenters. The Balaban J connectivity index is 0.00000264. The van der Waals surface area contributed by atoms with Gasteiger partial charge in [-0.2, -0.15) is 0 Å². The van der Waals surface area contributed by atoms with E-state index in [4.69, 9.17) is 4.74 Å². The molecule has 0 aromatic carbocycles. The van der Waals surface area contributed by atoms with E-state index in [0.717, 1.165) is 25.9 Å². The van der Waals surface area contributed by atoms with Gasteiger partial charge in [0.15, 0.2) is 0 Å². The van der Waals surface area contributed by atoms with Crippen LogP contribution in [0.4, 0.5) is 0 Å². The van der Waals surface area contributed by atoms with E-state index in [2.05, 4.69) is 5.32 Å². The Bertz CT molecular complexity index is 398. The van der Waals surface area contributed by atoms with Gasteiger partial charge in [0.1, 0.15) is 0 Å². The number of hydrogen-bond donors (Lipinski definition) is 1. The lowest BCUT2D eigenvalue weighted by Crippen LogP contribution is -2.57. The van der Waals surface area contributed by atoms with Crippen LogP contribution in [0.25, 0.3) is 0 Å². The summed E-state index contributed by atoms with van der Waals surface area (Å²) in [7, 11) is 1.66. The van der Waals surface area contributed by atoms with Crippen LogP contribution in [-0.4, -0.2) is 74.6 Å². The minimum absolute atomic E-state index is 0. The Kier molecular flexibility index (Phi) is 7.77. The van der Waals surface area contributed by atoms with Crippen molar-refractivity contribution in [1.82, 2.24) is 15.1 Å². The molecule has 2 aliphatic heterocycles. The average Bonchev–Trinajstić information content (AvgIpc) is 2.54. The second kappa shape index (κ2) is 8.85. The van der Waals surface area contributed by atoms with Crippen molar-refractivity contribution in [1.29, 1.82) is 0 Å². The van der Waals surface area contributed by atoms with Crippen molar-refractivity contribution in [2.45, 2.75) is 26.7 Å². The number of nitrogens with zero attached hydrogens (tertiary/aromatic N) is 2. The van der Waals surface area contributed by atoms with E-state index >= 15 is 0 Å². The minimum Gasteiger partial charge on any atom is -0.384 e. The summed E-state index contributed by atoms with van der Waals surface area (Å²) in [5.41, 5.74) is -0.385. The van der Waals surface area contributed by atoms with E-state index in [1.807, 2.05) is 23.6 Å². The number of methoxy groups -OCH3 is 1. The molecular formula is C16H30ClN3O3. The highest BCUT2D eigenvalue weighted by atomic mass is 35.5. The summed E-state index contributed by atoms with van der Waals surface area (Å²) >= 11 is 0. The first-order valence-electron chi connectivity index (χ1n) is 8.28. The molecule has 7 heteroatoms. The largest absolute Gasteiger partial charge is 0.384 e. The lowest BCUT2D eigenvalue weighted by Gasteiger charge is -2.43. The van der Waals surface area contributed by atoms with Crippen LogP contribution < -0.4 is 5.32 Å². The minimum atomic E-state index is -0.385. The van der Waals surface area contributed by atoms with Crippen LogP contribution in [-0.2, 0) is 14.3 Å². The number of nitrogens with one attached hydrogen (secondary N) is 1. The molecule has 0 unspecified atom stereocenters. The first kappa shape index (κ1) is 20.2. The predicted octanol–water partition coefficient (Wildman–Crippen LogP) is 0.751. The second-order valence-corrected chi connectivity index (χ2v) is 6.74. The first-order chi connectivity index (χ1) is 10.5. The van der Waals surface area contributed by atoms with E-state index in [-0.39, 0.29) is 35.6 Å². The molecule has 2 heterocycles. The van der Waals surface area contributed by atoms with Gasteiger partial charge in [-0.05, 0) is 25.9 Å². The van der Waals surface area contributed by atoms with Crippen LogP contribution in [0.15, 0.2) is 0 Å². The van der Waals surface area contributed by atoms with Crippen LogP contribution in [0.1, 0.15) is 26.7 Å². The molecule has 2 saturated heterocycles. The molecule has 2 rings (SSSR count). The maximum absolute atomic E-state index is 13.0. The molecule has 0 aliphatic carbocycles. The quantitative estimate of drug-likeness (QED) is 0.815. The molecule has 0 bridgehead atoms. The number of amides is 2. The highest BCUT2D eigenvalue weighted by Crippen LogP contribution is 2.32. The van der Waals surface area contributed by atoms with Crippen molar-refractivity contribution in [3.63, 3.8) is 0 Å². The van der Waals surface area contributed by atoms with Gasteiger partial charge < -0.3 is 19.9 Å².